The predicted octanol–water partition coefficient (Wildman–Crippen LogP) is 2.07. The minimum absolute atomic E-state index is 0.834. The molecule has 3 rings (SSSR count). The standard InChI is InChI=1S/C16H24N4/c1-13-3-4-16-18-15(12-20(16)9-13)11-19(2)10-14-5-7-17-8-6-14/h3-4,9,12,14,17H,5-8,10-11H2,1-2H3. The SMILES string of the molecule is Cc1ccc2nc(CN(C)CC3CCNCC3)cn2c1. The molecule has 0 saturated carbocycles. The van der Waals surface area contributed by atoms with Crippen LogP contribution in [0.2, 0.25) is 0 Å². The van der Waals surface area contributed by atoms with Gasteiger partial charge in [-0.15, -0.1) is 0 Å². The highest BCUT2D eigenvalue weighted by Crippen LogP contribution is 2.14. The molecule has 4 heteroatoms. The van der Waals surface area contributed by atoms with E-state index < -0.39 is 0 Å². The molecule has 0 radical (unpaired) electrons. The van der Waals surface area contributed by atoms with E-state index in [2.05, 4.69) is 53.1 Å². The van der Waals surface area contributed by atoms with Gasteiger partial charge in [-0.25, -0.2) is 4.98 Å². The summed E-state index contributed by atoms with van der Waals surface area (Å²) >= 11 is 0. The number of piperidine rings is 1. The summed E-state index contributed by atoms with van der Waals surface area (Å²) in [6, 6.07) is 4.20. The smallest absolute Gasteiger partial charge is 0.137 e. The van der Waals surface area contributed by atoms with Gasteiger partial charge in [0.05, 0.1) is 5.69 Å². The summed E-state index contributed by atoms with van der Waals surface area (Å²) in [4.78, 5) is 7.10. The second-order valence-corrected chi connectivity index (χ2v) is 6.09. The number of aryl methyl sites for hydroxylation is 1. The second kappa shape index (κ2) is 5.94. The number of nitrogens with one attached hydrogen (secondary N) is 1. The zero-order valence-electron chi connectivity index (χ0n) is 12.5. The first kappa shape index (κ1) is 13.6. The van der Waals surface area contributed by atoms with Crippen LogP contribution in [0.1, 0.15) is 24.1 Å². The minimum atomic E-state index is 0.834. The highest BCUT2D eigenvalue weighted by atomic mass is 15.1. The Labute approximate surface area is 120 Å². The summed E-state index contributed by atoms with van der Waals surface area (Å²) in [6.45, 7) is 6.57. The molecular weight excluding hydrogens is 248 g/mol. The lowest BCUT2D eigenvalue weighted by Gasteiger charge is -2.27. The molecule has 2 aromatic rings. The van der Waals surface area contributed by atoms with E-state index in [-0.39, 0.29) is 0 Å². The van der Waals surface area contributed by atoms with Crippen molar-refractivity contribution in [1.29, 1.82) is 0 Å². The molecule has 108 valence electrons. The van der Waals surface area contributed by atoms with E-state index in [4.69, 9.17) is 4.98 Å². The van der Waals surface area contributed by atoms with Gasteiger partial charge in [-0.05, 0) is 57.5 Å². The maximum Gasteiger partial charge on any atom is 0.137 e. The number of fused-ring (bicyclic) bond motifs is 1. The first-order valence-electron chi connectivity index (χ1n) is 7.54. The number of nitrogens with zero attached hydrogens (tertiary/aromatic N) is 3. The van der Waals surface area contributed by atoms with Gasteiger partial charge < -0.3 is 14.6 Å². The van der Waals surface area contributed by atoms with Gasteiger partial charge in [-0.1, -0.05) is 6.07 Å². The molecule has 0 amide bonds. The highest BCUT2D eigenvalue weighted by Gasteiger charge is 2.15. The van der Waals surface area contributed by atoms with Gasteiger partial charge in [-0.3, -0.25) is 0 Å². The summed E-state index contributed by atoms with van der Waals surface area (Å²) in [5.74, 6) is 0.834. The number of rotatable bonds is 4. The van der Waals surface area contributed by atoms with Gasteiger partial charge in [0.25, 0.3) is 0 Å². The van der Waals surface area contributed by atoms with Gasteiger partial charge in [0.1, 0.15) is 5.65 Å². The van der Waals surface area contributed by atoms with E-state index in [1.54, 1.807) is 0 Å². The van der Waals surface area contributed by atoms with Crippen LogP contribution in [0.3, 0.4) is 0 Å². The Bertz CT molecular complexity index is 569. The molecule has 3 heterocycles. The third-order valence-corrected chi connectivity index (χ3v) is 4.11. The Morgan fingerprint density at radius 3 is 2.90 bits per heavy atom. The topological polar surface area (TPSA) is 32.6 Å². The molecule has 0 aromatic carbocycles. The molecule has 1 aliphatic rings. The maximum atomic E-state index is 4.70. The van der Waals surface area contributed by atoms with Crippen LogP contribution in [-0.2, 0) is 6.54 Å². The largest absolute Gasteiger partial charge is 0.317 e. The van der Waals surface area contributed by atoms with Crippen LogP contribution in [-0.4, -0.2) is 41.0 Å². The first-order chi connectivity index (χ1) is 9.70. The van der Waals surface area contributed by atoms with Gasteiger partial charge in [0.2, 0.25) is 0 Å². The van der Waals surface area contributed by atoms with E-state index in [0.717, 1.165) is 23.8 Å². The third kappa shape index (κ3) is 3.19. The van der Waals surface area contributed by atoms with E-state index in [0.29, 0.717) is 0 Å². The van der Waals surface area contributed by atoms with Crippen LogP contribution in [0, 0.1) is 12.8 Å². The van der Waals surface area contributed by atoms with Gasteiger partial charge in [0, 0.05) is 25.5 Å². The predicted molar refractivity (Wildman–Crippen MR) is 81.9 cm³/mol. The summed E-state index contributed by atoms with van der Waals surface area (Å²) in [7, 11) is 2.21. The molecule has 1 N–H and O–H groups in total. The Morgan fingerprint density at radius 2 is 2.10 bits per heavy atom. The van der Waals surface area contributed by atoms with Gasteiger partial charge in [-0.2, -0.15) is 0 Å². The molecule has 20 heavy (non-hydrogen) atoms. The number of aromatic nitrogens is 2. The number of pyridine rings is 1. The maximum absolute atomic E-state index is 4.70. The fourth-order valence-corrected chi connectivity index (χ4v) is 3.08. The van der Waals surface area contributed by atoms with Crippen LogP contribution < -0.4 is 5.32 Å². The lowest BCUT2D eigenvalue weighted by atomic mass is 9.98. The zero-order chi connectivity index (χ0) is 13.9. The van der Waals surface area contributed by atoms with Crippen molar-refractivity contribution in [2.75, 3.05) is 26.7 Å². The molecule has 1 fully saturated rings. The normalized spacial score (nSPS) is 17.1. The van der Waals surface area contributed by atoms with Crippen LogP contribution in [0.25, 0.3) is 5.65 Å². The average Bonchev–Trinajstić information content (AvgIpc) is 2.80. The summed E-state index contributed by atoms with van der Waals surface area (Å²) in [6.07, 6.45) is 6.89. The Kier molecular flexibility index (Phi) is 4.03. The summed E-state index contributed by atoms with van der Waals surface area (Å²) in [5.41, 5.74) is 3.47. The van der Waals surface area contributed by atoms with Crippen LogP contribution in [0.4, 0.5) is 0 Å². The van der Waals surface area contributed by atoms with Gasteiger partial charge >= 0.3 is 0 Å². The lowest BCUT2D eigenvalue weighted by molar-refractivity contribution is 0.233. The zero-order valence-corrected chi connectivity index (χ0v) is 12.5. The molecule has 4 nitrogen and oxygen atoms in total. The van der Waals surface area contributed by atoms with Gasteiger partial charge in [0.15, 0.2) is 0 Å². The van der Waals surface area contributed by atoms with Crippen molar-refractivity contribution in [3.8, 4) is 0 Å². The molecule has 0 atom stereocenters. The first-order valence-corrected chi connectivity index (χ1v) is 7.54. The monoisotopic (exact) mass is 272 g/mol. The molecule has 0 aliphatic carbocycles. The van der Waals surface area contributed by atoms with Crippen LogP contribution >= 0.6 is 0 Å². The van der Waals surface area contributed by atoms with Crippen LogP contribution in [0.15, 0.2) is 24.5 Å². The van der Waals surface area contributed by atoms with E-state index >= 15 is 0 Å². The Hall–Kier alpha value is -1.39. The fraction of sp³-hybridized carbons (Fsp3) is 0.562. The van der Waals surface area contributed by atoms with Crippen molar-refractivity contribution in [1.82, 2.24) is 19.6 Å². The molecule has 0 bridgehead atoms. The lowest BCUT2D eigenvalue weighted by Crippen LogP contribution is -2.34. The number of hydrogen-bond donors (Lipinski definition) is 1. The number of imidazole rings is 1. The second-order valence-electron chi connectivity index (χ2n) is 6.09. The fourth-order valence-electron chi connectivity index (χ4n) is 3.08. The van der Waals surface area contributed by atoms with E-state index in [9.17, 15) is 0 Å². The van der Waals surface area contributed by atoms with Crippen molar-refractivity contribution >= 4 is 5.65 Å². The molecule has 1 saturated heterocycles. The van der Waals surface area contributed by atoms with Crippen LogP contribution in [0.5, 0.6) is 0 Å². The highest BCUT2D eigenvalue weighted by molar-refractivity contribution is 5.41. The van der Waals surface area contributed by atoms with E-state index in [1.807, 2.05) is 0 Å². The van der Waals surface area contributed by atoms with Crippen molar-refractivity contribution in [2.24, 2.45) is 5.92 Å². The van der Waals surface area contributed by atoms with Crippen molar-refractivity contribution in [2.45, 2.75) is 26.3 Å². The molecule has 2 aromatic heterocycles. The number of hydrogen-bond acceptors (Lipinski definition) is 3. The van der Waals surface area contributed by atoms with E-state index in [1.165, 1.54) is 38.0 Å². The Balaban J connectivity index is 1.63. The molecule has 0 unspecified atom stereocenters. The molecule has 0 spiro atoms. The van der Waals surface area contributed by atoms with Crippen molar-refractivity contribution in [3.05, 3.63) is 35.8 Å². The third-order valence-electron chi connectivity index (χ3n) is 4.11. The van der Waals surface area contributed by atoms with Crippen molar-refractivity contribution < 1.29 is 0 Å². The van der Waals surface area contributed by atoms with Crippen molar-refractivity contribution in [3.63, 3.8) is 0 Å². The summed E-state index contributed by atoms with van der Waals surface area (Å²) < 4.78 is 2.13. The minimum Gasteiger partial charge on any atom is -0.317 e. The summed E-state index contributed by atoms with van der Waals surface area (Å²) in [5, 5.41) is 3.43. The molecule has 1 aliphatic heterocycles. The Morgan fingerprint density at radius 1 is 1.30 bits per heavy atom. The average molecular weight is 272 g/mol. The molecular formula is C16H24N4. The quantitative estimate of drug-likeness (QED) is 0.925.